The molecule has 5 rings (SSSR count). The molecule has 4 atom stereocenters. The number of hydrogen-bond donors (Lipinski definition) is 0. The van der Waals surface area contributed by atoms with E-state index >= 15 is 0 Å². The SMILES string of the molecule is CCCC1=C2CN3C(=O)C=CC[C@@H]3C[C@H]2[C@H]2C(=O)N(c3ccccc3)C(=O)[C@H]2C1. The van der Waals surface area contributed by atoms with Gasteiger partial charge in [0.05, 0.1) is 17.5 Å². The van der Waals surface area contributed by atoms with Crippen molar-refractivity contribution >= 4 is 23.4 Å². The Labute approximate surface area is 171 Å². The summed E-state index contributed by atoms with van der Waals surface area (Å²) in [6, 6.07) is 9.43. The van der Waals surface area contributed by atoms with Crippen molar-refractivity contribution in [2.45, 2.75) is 45.1 Å². The summed E-state index contributed by atoms with van der Waals surface area (Å²) in [5.41, 5.74) is 3.23. The van der Waals surface area contributed by atoms with Gasteiger partial charge in [0.25, 0.3) is 0 Å². The van der Waals surface area contributed by atoms with Gasteiger partial charge in [0, 0.05) is 12.6 Å². The van der Waals surface area contributed by atoms with Gasteiger partial charge in [-0.1, -0.05) is 43.2 Å². The summed E-state index contributed by atoms with van der Waals surface area (Å²) in [7, 11) is 0. The zero-order chi connectivity index (χ0) is 20.1. The largest absolute Gasteiger partial charge is 0.332 e. The van der Waals surface area contributed by atoms with E-state index in [1.165, 1.54) is 16.0 Å². The predicted octanol–water partition coefficient (Wildman–Crippen LogP) is 3.47. The fraction of sp³-hybridized carbons (Fsp3) is 0.458. The quantitative estimate of drug-likeness (QED) is 0.587. The first-order valence-electron chi connectivity index (χ1n) is 10.7. The highest BCUT2D eigenvalue weighted by Gasteiger charge is 2.56. The minimum Gasteiger partial charge on any atom is -0.332 e. The first kappa shape index (κ1) is 18.3. The molecule has 2 fully saturated rings. The molecular weight excluding hydrogens is 364 g/mol. The Morgan fingerprint density at radius 2 is 1.83 bits per heavy atom. The van der Waals surface area contributed by atoms with Crippen LogP contribution in [0.15, 0.2) is 53.6 Å². The Kier molecular flexibility index (Phi) is 4.41. The average molecular weight is 390 g/mol. The molecular formula is C24H26N2O3. The molecule has 3 heterocycles. The first-order chi connectivity index (χ1) is 14.1. The van der Waals surface area contributed by atoms with Crippen LogP contribution in [0.5, 0.6) is 0 Å². The molecule has 3 aliphatic heterocycles. The average Bonchev–Trinajstić information content (AvgIpc) is 2.98. The van der Waals surface area contributed by atoms with Gasteiger partial charge in [-0.05, 0) is 55.4 Å². The highest BCUT2D eigenvalue weighted by molar-refractivity contribution is 6.22. The highest BCUT2D eigenvalue weighted by atomic mass is 16.2. The standard InChI is InChI=1S/C24H26N2O3/c1-2-7-15-12-19-22(24(29)26(23(19)28)16-8-4-3-5-9-16)18-13-17-10-6-11-21(27)25(17)14-20(15)18/h3-6,8-9,11,17-19,22H,2,7,10,12-14H2,1H3/t17-,18-,19+,22-/m1/s1. The number of piperidine rings is 1. The molecule has 5 heteroatoms. The molecule has 1 aliphatic carbocycles. The number of carbonyl (C=O) groups is 3. The monoisotopic (exact) mass is 390 g/mol. The second-order valence-electron chi connectivity index (χ2n) is 8.66. The van der Waals surface area contributed by atoms with E-state index < -0.39 is 0 Å². The third kappa shape index (κ3) is 2.78. The molecule has 1 aromatic carbocycles. The van der Waals surface area contributed by atoms with Crippen LogP contribution in [0.2, 0.25) is 0 Å². The minimum absolute atomic E-state index is 0.0547. The molecule has 150 valence electrons. The molecule has 29 heavy (non-hydrogen) atoms. The maximum absolute atomic E-state index is 13.5. The maximum atomic E-state index is 13.5. The lowest BCUT2D eigenvalue weighted by Crippen LogP contribution is -2.51. The number of amides is 3. The Hall–Kier alpha value is -2.69. The van der Waals surface area contributed by atoms with Crippen molar-refractivity contribution in [3.8, 4) is 0 Å². The number of benzene rings is 1. The van der Waals surface area contributed by atoms with E-state index in [0.717, 1.165) is 25.7 Å². The lowest BCUT2D eigenvalue weighted by Gasteiger charge is -2.47. The third-order valence-electron chi connectivity index (χ3n) is 7.10. The summed E-state index contributed by atoms with van der Waals surface area (Å²) in [5.74, 6) is -0.525. The van der Waals surface area contributed by atoms with E-state index in [4.69, 9.17) is 0 Å². The summed E-state index contributed by atoms with van der Waals surface area (Å²) in [5, 5.41) is 0. The summed E-state index contributed by atoms with van der Waals surface area (Å²) < 4.78 is 0. The van der Waals surface area contributed by atoms with Crippen LogP contribution in [0, 0.1) is 17.8 Å². The normalized spacial score (nSPS) is 31.1. The van der Waals surface area contributed by atoms with Crippen LogP contribution in [0.4, 0.5) is 5.69 Å². The van der Waals surface area contributed by atoms with Crippen LogP contribution >= 0.6 is 0 Å². The molecule has 0 N–H and O–H groups in total. The number of imide groups is 1. The number of anilines is 1. The van der Waals surface area contributed by atoms with Gasteiger partial charge >= 0.3 is 0 Å². The fourth-order valence-electron chi connectivity index (χ4n) is 5.84. The van der Waals surface area contributed by atoms with E-state index in [2.05, 4.69) is 6.92 Å². The lowest BCUT2D eigenvalue weighted by molar-refractivity contribution is -0.131. The summed E-state index contributed by atoms with van der Waals surface area (Å²) in [4.78, 5) is 42.6. The van der Waals surface area contributed by atoms with Crippen molar-refractivity contribution in [1.82, 2.24) is 4.90 Å². The van der Waals surface area contributed by atoms with Crippen molar-refractivity contribution in [3.05, 3.63) is 53.6 Å². The molecule has 0 aromatic heterocycles. The number of allylic oxidation sites excluding steroid dienone is 1. The third-order valence-corrected chi connectivity index (χ3v) is 7.10. The van der Waals surface area contributed by atoms with Crippen LogP contribution < -0.4 is 4.90 Å². The van der Waals surface area contributed by atoms with Crippen LogP contribution in [-0.4, -0.2) is 35.2 Å². The number of fused-ring (bicyclic) bond motifs is 4. The number of carbonyl (C=O) groups excluding carboxylic acids is 3. The molecule has 4 aliphatic rings. The molecule has 0 saturated carbocycles. The van der Waals surface area contributed by atoms with E-state index in [1.54, 1.807) is 6.08 Å². The Bertz CT molecular complexity index is 933. The first-order valence-corrected chi connectivity index (χ1v) is 10.7. The summed E-state index contributed by atoms with van der Waals surface area (Å²) >= 11 is 0. The van der Waals surface area contributed by atoms with E-state index in [1.807, 2.05) is 41.3 Å². The van der Waals surface area contributed by atoms with Gasteiger partial charge in [0.1, 0.15) is 0 Å². The molecule has 0 spiro atoms. The molecule has 3 amide bonds. The van der Waals surface area contributed by atoms with Gasteiger partial charge < -0.3 is 4.90 Å². The number of rotatable bonds is 3. The zero-order valence-corrected chi connectivity index (χ0v) is 16.7. The van der Waals surface area contributed by atoms with Gasteiger partial charge in [-0.3, -0.25) is 19.3 Å². The van der Waals surface area contributed by atoms with Crippen molar-refractivity contribution in [2.75, 3.05) is 11.4 Å². The summed E-state index contributed by atoms with van der Waals surface area (Å²) in [6.07, 6.45) is 7.82. The van der Waals surface area contributed by atoms with Crippen molar-refractivity contribution in [3.63, 3.8) is 0 Å². The fourth-order valence-corrected chi connectivity index (χ4v) is 5.84. The van der Waals surface area contributed by atoms with E-state index in [-0.39, 0.29) is 41.5 Å². The van der Waals surface area contributed by atoms with Gasteiger partial charge in [0.15, 0.2) is 0 Å². The van der Waals surface area contributed by atoms with Gasteiger partial charge in [-0.25, -0.2) is 0 Å². The number of hydrogen-bond acceptors (Lipinski definition) is 3. The van der Waals surface area contributed by atoms with Crippen LogP contribution in [0.25, 0.3) is 0 Å². The Balaban J connectivity index is 1.54. The second kappa shape index (κ2) is 6.97. The van der Waals surface area contributed by atoms with Gasteiger partial charge in [0.2, 0.25) is 17.7 Å². The van der Waals surface area contributed by atoms with Gasteiger partial charge in [-0.2, -0.15) is 0 Å². The zero-order valence-electron chi connectivity index (χ0n) is 16.7. The van der Waals surface area contributed by atoms with Crippen LogP contribution in [0.1, 0.15) is 39.0 Å². The van der Waals surface area contributed by atoms with Gasteiger partial charge in [-0.15, -0.1) is 0 Å². The molecule has 2 saturated heterocycles. The van der Waals surface area contributed by atoms with Crippen molar-refractivity contribution in [1.29, 1.82) is 0 Å². The highest BCUT2D eigenvalue weighted by Crippen LogP contribution is 2.51. The van der Waals surface area contributed by atoms with Crippen LogP contribution in [-0.2, 0) is 14.4 Å². The maximum Gasteiger partial charge on any atom is 0.246 e. The number of para-hydroxylation sites is 1. The Morgan fingerprint density at radius 3 is 2.59 bits per heavy atom. The predicted molar refractivity (Wildman–Crippen MR) is 110 cm³/mol. The summed E-state index contributed by atoms with van der Waals surface area (Å²) in [6.45, 7) is 2.76. The lowest BCUT2D eigenvalue weighted by atomic mass is 9.65. The second-order valence-corrected chi connectivity index (χ2v) is 8.66. The number of nitrogens with zero attached hydrogens (tertiary/aromatic N) is 2. The molecule has 0 unspecified atom stereocenters. The molecule has 0 bridgehead atoms. The minimum atomic E-state index is -0.290. The molecule has 1 aromatic rings. The van der Waals surface area contributed by atoms with Crippen molar-refractivity contribution < 1.29 is 14.4 Å². The smallest absolute Gasteiger partial charge is 0.246 e. The molecule has 0 radical (unpaired) electrons. The van der Waals surface area contributed by atoms with E-state index in [9.17, 15) is 14.4 Å². The molecule has 5 nitrogen and oxygen atoms in total. The van der Waals surface area contributed by atoms with Crippen LogP contribution in [0.3, 0.4) is 0 Å². The van der Waals surface area contributed by atoms with Crippen molar-refractivity contribution in [2.24, 2.45) is 17.8 Å². The Morgan fingerprint density at radius 1 is 1.03 bits per heavy atom. The topological polar surface area (TPSA) is 57.7 Å². The van der Waals surface area contributed by atoms with E-state index in [0.29, 0.717) is 18.7 Å².